The Kier molecular flexibility index (Phi) is 13.3. The van der Waals surface area contributed by atoms with Crippen LogP contribution >= 0.6 is 0 Å². The predicted molar refractivity (Wildman–Crippen MR) is 136 cm³/mol. The van der Waals surface area contributed by atoms with Crippen molar-refractivity contribution in [3.8, 4) is 5.75 Å². The first kappa shape index (κ1) is 28.1. The number of carbonyl (C=O) groups excluding carboxylic acids is 1. The van der Waals surface area contributed by atoms with Crippen molar-refractivity contribution in [1.82, 2.24) is 4.90 Å². The molecule has 2 aromatic carbocycles. The van der Waals surface area contributed by atoms with Gasteiger partial charge in [-0.2, -0.15) is 0 Å². The second kappa shape index (κ2) is 16.5. The van der Waals surface area contributed by atoms with Crippen LogP contribution in [-0.4, -0.2) is 67.6 Å². The Labute approximate surface area is 208 Å². The summed E-state index contributed by atoms with van der Waals surface area (Å²) in [5.74, 6) is -0.327. The maximum absolute atomic E-state index is 12.8. The van der Waals surface area contributed by atoms with Gasteiger partial charge in [0, 0.05) is 31.9 Å². The Morgan fingerprint density at radius 3 is 2.31 bits per heavy atom. The van der Waals surface area contributed by atoms with Gasteiger partial charge in [0.1, 0.15) is 12.4 Å². The van der Waals surface area contributed by atoms with Crippen LogP contribution in [0.25, 0.3) is 0 Å². The summed E-state index contributed by atoms with van der Waals surface area (Å²) in [7, 11) is 0. The van der Waals surface area contributed by atoms with Gasteiger partial charge in [-0.15, -0.1) is 0 Å². The van der Waals surface area contributed by atoms with Crippen molar-refractivity contribution in [2.75, 3.05) is 44.8 Å². The number of hydrogen-bond acceptors (Lipinski definition) is 5. The van der Waals surface area contributed by atoms with Crippen LogP contribution in [0.5, 0.6) is 5.75 Å². The molecule has 0 fully saturated rings. The third-order valence-electron chi connectivity index (χ3n) is 5.33. The summed E-state index contributed by atoms with van der Waals surface area (Å²) >= 11 is 0. The van der Waals surface area contributed by atoms with Gasteiger partial charge in [-0.25, -0.2) is 9.59 Å². The first-order chi connectivity index (χ1) is 17.0. The zero-order chi connectivity index (χ0) is 25.3. The van der Waals surface area contributed by atoms with E-state index in [1.165, 1.54) is 0 Å². The smallest absolute Gasteiger partial charge is 0.333 e. The van der Waals surface area contributed by atoms with E-state index in [9.17, 15) is 14.7 Å². The molecule has 0 aromatic heterocycles. The fraction of sp³-hybridized carbons (Fsp3) is 0.481. The van der Waals surface area contributed by atoms with Crippen LogP contribution < -0.4 is 10.1 Å². The van der Waals surface area contributed by atoms with Gasteiger partial charge in [-0.3, -0.25) is 0 Å². The monoisotopic (exact) mass is 486 g/mol. The van der Waals surface area contributed by atoms with Crippen molar-refractivity contribution < 1.29 is 28.9 Å². The van der Waals surface area contributed by atoms with Crippen LogP contribution in [0.15, 0.2) is 54.6 Å². The SMILES string of the molecule is CCCCCOCCN(CCOc1ccc(CC(OCC)C(=O)O)cc1)C(=O)Nc1ccccc1. The van der Waals surface area contributed by atoms with Gasteiger partial charge in [0.15, 0.2) is 6.10 Å². The van der Waals surface area contributed by atoms with Crippen molar-refractivity contribution in [2.45, 2.75) is 45.6 Å². The molecule has 0 aliphatic carbocycles. The Bertz CT molecular complexity index is 860. The van der Waals surface area contributed by atoms with E-state index in [1.807, 2.05) is 42.5 Å². The quantitative estimate of drug-likeness (QED) is 0.311. The third-order valence-corrected chi connectivity index (χ3v) is 5.33. The lowest BCUT2D eigenvalue weighted by molar-refractivity contribution is -0.149. The number of carboxylic acids is 1. The van der Waals surface area contributed by atoms with Crippen LogP contribution in [0.3, 0.4) is 0 Å². The second-order valence-electron chi connectivity index (χ2n) is 8.08. The number of unbranched alkanes of at least 4 members (excludes halogenated alkanes) is 2. The van der Waals surface area contributed by atoms with Crippen LogP contribution in [-0.2, 0) is 20.7 Å². The Hall–Kier alpha value is -3.10. The van der Waals surface area contributed by atoms with E-state index < -0.39 is 12.1 Å². The molecule has 35 heavy (non-hydrogen) atoms. The molecule has 8 nitrogen and oxygen atoms in total. The summed E-state index contributed by atoms with van der Waals surface area (Å²) in [4.78, 5) is 25.8. The maximum Gasteiger partial charge on any atom is 0.333 e. The minimum absolute atomic E-state index is 0.206. The molecule has 2 rings (SSSR count). The van der Waals surface area contributed by atoms with E-state index in [0.717, 1.165) is 30.5 Å². The predicted octanol–water partition coefficient (Wildman–Crippen LogP) is 4.84. The first-order valence-corrected chi connectivity index (χ1v) is 12.3. The van der Waals surface area contributed by atoms with Crippen LogP contribution in [0.4, 0.5) is 10.5 Å². The Balaban J connectivity index is 1.86. The lowest BCUT2D eigenvalue weighted by Gasteiger charge is -2.23. The molecule has 2 N–H and O–H groups in total. The number of benzene rings is 2. The molecular weight excluding hydrogens is 448 g/mol. The number of nitrogens with zero attached hydrogens (tertiary/aromatic N) is 1. The number of urea groups is 1. The average molecular weight is 487 g/mol. The van der Waals surface area contributed by atoms with Gasteiger partial charge < -0.3 is 29.5 Å². The van der Waals surface area contributed by atoms with E-state index in [0.29, 0.717) is 45.3 Å². The summed E-state index contributed by atoms with van der Waals surface area (Å²) < 4.78 is 16.8. The zero-order valence-electron chi connectivity index (χ0n) is 20.8. The van der Waals surface area contributed by atoms with Gasteiger partial charge in [-0.05, 0) is 43.2 Å². The molecule has 0 spiro atoms. The molecule has 2 amide bonds. The highest BCUT2D eigenvalue weighted by Crippen LogP contribution is 2.15. The molecule has 0 bridgehead atoms. The second-order valence-corrected chi connectivity index (χ2v) is 8.08. The number of carbonyl (C=O) groups is 2. The topological polar surface area (TPSA) is 97.3 Å². The molecule has 1 atom stereocenters. The van der Waals surface area contributed by atoms with Crippen molar-refractivity contribution >= 4 is 17.7 Å². The highest BCUT2D eigenvalue weighted by Gasteiger charge is 2.18. The Morgan fingerprint density at radius 2 is 1.66 bits per heavy atom. The molecule has 0 aliphatic heterocycles. The number of nitrogens with one attached hydrogen (secondary N) is 1. The molecule has 0 radical (unpaired) electrons. The Morgan fingerprint density at radius 1 is 0.943 bits per heavy atom. The van der Waals surface area contributed by atoms with Crippen molar-refractivity contribution in [3.05, 3.63) is 60.2 Å². The minimum atomic E-state index is -0.976. The van der Waals surface area contributed by atoms with Gasteiger partial charge in [0.25, 0.3) is 0 Å². The number of rotatable bonds is 17. The van der Waals surface area contributed by atoms with Gasteiger partial charge in [0.2, 0.25) is 0 Å². The van der Waals surface area contributed by atoms with E-state index in [4.69, 9.17) is 14.2 Å². The van der Waals surface area contributed by atoms with Gasteiger partial charge >= 0.3 is 12.0 Å². The fourth-order valence-corrected chi connectivity index (χ4v) is 3.40. The number of anilines is 1. The highest BCUT2D eigenvalue weighted by molar-refractivity contribution is 5.89. The molecule has 0 heterocycles. The molecule has 1 unspecified atom stereocenters. The summed E-state index contributed by atoms with van der Waals surface area (Å²) in [5, 5.41) is 12.2. The van der Waals surface area contributed by atoms with E-state index in [2.05, 4.69) is 12.2 Å². The number of carboxylic acid groups (broad SMARTS) is 1. The average Bonchev–Trinajstić information content (AvgIpc) is 2.86. The van der Waals surface area contributed by atoms with Crippen molar-refractivity contribution in [1.29, 1.82) is 0 Å². The molecule has 0 aliphatic rings. The van der Waals surface area contributed by atoms with E-state index in [1.54, 1.807) is 24.0 Å². The molecule has 0 saturated carbocycles. The normalized spacial score (nSPS) is 11.6. The molecular formula is C27H38N2O6. The van der Waals surface area contributed by atoms with Gasteiger partial charge in [-0.1, -0.05) is 50.1 Å². The third kappa shape index (κ3) is 11.2. The minimum Gasteiger partial charge on any atom is -0.492 e. The maximum atomic E-state index is 12.8. The molecule has 192 valence electrons. The summed E-state index contributed by atoms with van der Waals surface area (Å²) in [6, 6.07) is 16.4. The number of aliphatic carboxylic acids is 1. The number of amides is 2. The van der Waals surface area contributed by atoms with Gasteiger partial charge in [0.05, 0.1) is 13.2 Å². The van der Waals surface area contributed by atoms with Crippen molar-refractivity contribution in [2.24, 2.45) is 0 Å². The molecule has 2 aromatic rings. The van der Waals surface area contributed by atoms with E-state index >= 15 is 0 Å². The number of para-hydroxylation sites is 1. The lowest BCUT2D eigenvalue weighted by Crippen LogP contribution is -2.40. The zero-order valence-corrected chi connectivity index (χ0v) is 20.8. The fourth-order valence-electron chi connectivity index (χ4n) is 3.40. The summed E-state index contributed by atoms with van der Waals surface area (Å²) in [6.07, 6.45) is 2.71. The largest absolute Gasteiger partial charge is 0.492 e. The van der Waals surface area contributed by atoms with Crippen LogP contribution in [0.2, 0.25) is 0 Å². The summed E-state index contributed by atoms with van der Waals surface area (Å²) in [6.45, 7) is 6.59. The first-order valence-electron chi connectivity index (χ1n) is 12.3. The highest BCUT2D eigenvalue weighted by atomic mass is 16.5. The summed E-state index contributed by atoms with van der Waals surface area (Å²) in [5.41, 5.74) is 1.58. The number of hydrogen-bond donors (Lipinski definition) is 2. The van der Waals surface area contributed by atoms with Crippen LogP contribution in [0.1, 0.15) is 38.7 Å². The standard InChI is InChI=1S/C27H38N2O6/c1-3-5-9-18-33-19-16-29(27(32)28-23-10-7-6-8-11-23)17-20-35-24-14-12-22(13-15-24)21-25(26(30)31)34-4-2/h6-8,10-15,25H,3-5,9,16-21H2,1-2H3,(H,28,32)(H,30,31). The molecule has 0 saturated heterocycles. The number of ether oxygens (including phenoxy) is 3. The van der Waals surface area contributed by atoms with Crippen molar-refractivity contribution in [3.63, 3.8) is 0 Å². The van der Waals surface area contributed by atoms with E-state index in [-0.39, 0.29) is 12.5 Å². The van der Waals surface area contributed by atoms with Crippen LogP contribution in [0, 0.1) is 0 Å². The lowest BCUT2D eigenvalue weighted by atomic mass is 10.1. The molecule has 8 heteroatoms.